The van der Waals surface area contributed by atoms with E-state index in [4.69, 9.17) is 0 Å². The Kier molecular flexibility index (Phi) is 5.91. The summed E-state index contributed by atoms with van der Waals surface area (Å²) in [7, 11) is 0. The second kappa shape index (κ2) is 7.90. The van der Waals surface area contributed by atoms with Crippen LogP contribution in [0.5, 0.6) is 0 Å². The maximum absolute atomic E-state index is 13.1. The van der Waals surface area contributed by atoms with Gasteiger partial charge in [-0.05, 0) is 25.1 Å². The number of amides is 1. The van der Waals surface area contributed by atoms with Crippen molar-refractivity contribution in [1.82, 2.24) is 10.2 Å². The van der Waals surface area contributed by atoms with Gasteiger partial charge in [0.15, 0.2) is 4.34 Å². The molecule has 5 nitrogen and oxygen atoms in total. The molecule has 1 atom stereocenters. The van der Waals surface area contributed by atoms with E-state index in [0.29, 0.717) is 21.7 Å². The Morgan fingerprint density at radius 2 is 2.36 bits per heavy atom. The summed E-state index contributed by atoms with van der Waals surface area (Å²) in [5.74, 6) is -0.605. The van der Waals surface area contributed by atoms with Crippen molar-refractivity contribution < 1.29 is 9.18 Å². The summed E-state index contributed by atoms with van der Waals surface area (Å²) in [5.41, 5.74) is 0.433. The zero-order valence-corrected chi connectivity index (χ0v) is 13.5. The van der Waals surface area contributed by atoms with Gasteiger partial charge < -0.3 is 10.6 Å². The fourth-order valence-corrected chi connectivity index (χ4v) is 3.41. The third-order valence-corrected chi connectivity index (χ3v) is 4.61. The van der Waals surface area contributed by atoms with Gasteiger partial charge in [0.2, 0.25) is 11.0 Å². The zero-order chi connectivity index (χ0) is 15.9. The van der Waals surface area contributed by atoms with Gasteiger partial charge in [0.25, 0.3) is 0 Å². The van der Waals surface area contributed by atoms with E-state index >= 15 is 0 Å². The number of rotatable bonds is 7. The van der Waals surface area contributed by atoms with E-state index in [9.17, 15) is 9.18 Å². The molecule has 1 aromatic heterocycles. The molecule has 0 radical (unpaired) electrons. The molecule has 2 N–H and O–H groups in total. The van der Waals surface area contributed by atoms with Crippen molar-refractivity contribution in [2.45, 2.75) is 16.5 Å². The van der Waals surface area contributed by atoms with Crippen molar-refractivity contribution in [1.29, 1.82) is 0 Å². The average Bonchev–Trinajstić information content (AvgIpc) is 2.92. The summed E-state index contributed by atoms with van der Waals surface area (Å²) >= 11 is 2.67. The second-order valence-electron chi connectivity index (χ2n) is 4.30. The molecule has 0 aliphatic carbocycles. The van der Waals surface area contributed by atoms with Crippen LogP contribution in [0.3, 0.4) is 0 Å². The van der Waals surface area contributed by atoms with E-state index in [-0.39, 0.29) is 17.0 Å². The third kappa shape index (κ3) is 4.81. The largest absolute Gasteiger partial charge is 0.357 e. The number of aromatic nitrogens is 2. The van der Waals surface area contributed by atoms with Crippen molar-refractivity contribution in [2.75, 3.05) is 17.2 Å². The van der Waals surface area contributed by atoms with E-state index < -0.39 is 0 Å². The third-order valence-electron chi connectivity index (χ3n) is 2.54. The van der Waals surface area contributed by atoms with Crippen LogP contribution in [-0.4, -0.2) is 27.9 Å². The number of halogens is 1. The molecule has 2 rings (SSSR count). The maximum atomic E-state index is 13.1. The van der Waals surface area contributed by atoms with Gasteiger partial charge in [0.1, 0.15) is 5.82 Å². The molecule has 0 bridgehead atoms. The highest BCUT2D eigenvalue weighted by atomic mass is 32.2. The predicted molar refractivity (Wildman–Crippen MR) is 88.9 cm³/mol. The van der Waals surface area contributed by atoms with Crippen molar-refractivity contribution in [3.63, 3.8) is 0 Å². The molecule has 8 heteroatoms. The highest BCUT2D eigenvalue weighted by molar-refractivity contribution is 8.02. The summed E-state index contributed by atoms with van der Waals surface area (Å²) < 4.78 is 13.8. The van der Waals surface area contributed by atoms with Gasteiger partial charge in [-0.1, -0.05) is 35.2 Å². The van der Waals surface area contributed by atoms with Crippen LogP contribution < -0.4 is 10.6 Å². The van der Waals surface area contributed by atoms with Gasteiger partial charge in [-0.25, -0.2) is 4.39 Å². The standard InChI is InChI=1S/C14H15FN4OS2/c1-3-7-16-13-18-19-14(22-13)21-9(2)12(20)17-11-6-4-5-10(15)8-11/h3-6,8-9H,1,7H2,2H3,(H,16,18)(H,17,20). The highest BCUT2D eigenvalue weighted by Crippen LogP contribution is 2.29. The predicted octanol–water partition coefficient (Wildman–Crippen LogP) is 3.39. The molecule has 0 aliphatic heterocycles. The number of benzene rings is 1. The first-order chi connectivity index (χ1) is 10.6. The molecule has 0 aliphatic rings. The first-order valence-electron chi connectivity index (χ1n) is 6.50. The molecule has 1 amide bonds. The molecular weight excluding hydrogens is 323 g/mol. The van der Waals surface area contributed by atoms with Crippen LogP contribution >= 0.6 is 23.1 Å². The molecule has 116 valence electrons. The number of anilines is 2. The van der Waals surface area contributed by atoms with E-state index in [1.165, 1.54) is 35.2 Å². The average molecular weight is 338 g/mol. The van der Waals surface area contributed by atoms with E-state index in [0.717, 1.165) is 0 Å². The van der Waals surface area contributed by atoms with Crippen molar-refractivity contribution in [3.05, 3.63) is 42.7 Å². The van der Waals surface area contributed by atoms with Gasteiger partial charge in [0.05, 0.1) is 5.25 Å². The van der Waals surface area contributed by atoms with Gasteiger partial charge in [-0.15, -0.1) is 16.8 Å². The van der Waals surface area contributed by atoms with Gasteiger partial charge in [-0.2, -0.15) is 0 Å². The summed E-state index contributed by atoms with van der Waals surface area (Å²) in [4.78, 5) is 12.1. The second-order valence-corrected chi connectivity index (χ2v) is 6.87. The molecule has 0 fully saturated rings. The van der Waals surface area contributed by atoms with Crippen molar-refractivity contribution in [3.8, 4) is 0 Å². The SMILES string of the molecule is C=CCNc1nnc(SC(C)C(=O)Nc2cccc(F)c2)s1. The summed E-state index contributed by atoms with van der Waals surface area (Å²) in [6.07, 6.45) is 1.73. The molecule has 0 saturated heterocycles. The van der Waals surface area contributed by atoms with Crippen LogP contribution in [0.25, 0.3) is 0 Å². The minimum Gasteiger partial charge on any atom is -0.357 e. The Bertz CT molecular complexity index is 662. The van der Waals surface area contributed by atoms with Crippen LogP contribution in [0.1, 0.15) is 6.92 Å². The van der Waals surface area contributed by atoms with Crippen LogP contribution in [-0.2, 0) is 4.79 Å². The van der Waals surface area contributed by atoms with E-state index in [1.807, 2.05) is 0 Å². The minimum absolute atomic E-state index is 0.216. The number of hydrogen-bond acceptors (Lipinski definition) is 6. The lowest BCUT2D eigenvalue weighted by Gasteiger charge is -2.10. The number of nitrogens with zero attached hydrogens (tertiary/aromatic N) is 2. The normalized spacial score (nSPS) is 11.7. The molecule has 1 heterocycles. The summed E-state index contributed by atoms with van der Waals surface area (Å²) in [5, 5.41) is 14.0. The van der Waals surface area contributed by atoms with Crippen molar-refractivity contribution in [2.24, 2.45) is 0 Å². The summed E-state index contributed by atoms with van der Waals surface area (Å²) in [6.45, 7) is 5.98. The van der Waals surface area contributed by atoms with Gasteiger partial charge >= 0.3 is 0 Å². The minimum atomic E-state index is -0.389. The molecular formula is C14H15FN4OS2. The van der Waals surface area contributed by atoms with E-state index in [1.54, 1.807) is 25.1 Å². The fourth-order valence-electron chi connectivity index (χ4n) is 1.50. The molecule has 0 saturated carbocycles. The number of carbonyl (C=O) groups excluding carboxylic acids is 1. The number of thioether (sulfide) groups is 1. The molecule has 22 heavy (non-hydrogen) atoms. The first-order valence-corrected chi connectivity index (χ1v) is 8.19. The summed E-state index contributed by atoms with van der Waals surface area (Å²) in [6, 6.07) is 5.79. The quantitative estimate of drug-likeness (QED) is 0.598. The Balaban J connectivity index is 1.90. The Morgan fingerprint density at radius 3 is 3.09 bits per heavy atom. The smallest absolute Gasteiger partial charge is 0.237 e. The lowest BCUT2D eigenvalue weighted by molar-refractivity contribution is -0.115. The van der Waals surface area contributed by atoms with Gasteiger partial charge in [-0.3, -0.25) is 4.79 Å². The fraction of sp³-hybridized carbons (Fsp3) is 0.214. The zero-order valence-electron chi connectivity index (χ0n) is 11.9. The monoisotopic (exact) mass is 338 g/mol. The van der Waals surface area contributed by atoms with Crippen LogP contribution in [0.2, 0.25) is 0 Å². The van der Waals surface area contributed by atoms with Crippen LogP contribution in [0.4, 0.5) is 15.2 Å². The molecule has 0 spiro atoms. The number of nitrogens with one attached hydrogen (secondary N) is 2. The maximum Gasteiger partial charge on any atom is 0.237 e. The Morgan fingerprint density at radius 1 is 1.55 bits per heavy atom. The number of carbonyl (C=O) groups is 1. The topological polar surface area (TPSA) is 66.9 Å². The van der Waals surface area contributed by atoms with E-state index in [2.05, 4.69) is 27.4 Å². The number of hydrogen-bond donors (Lipinski definition) is 2. The molecule has 2 aromatic rings. The lowest BCUT2D eigenvalue weighted by Crippen LogP contribution is -2.22. The first kappa shape index (κ1) is 16.4. The van der Waals surface area contributed by atoms with Gasteiger partial charge in [0, 0.05) is 12.2 Å². The Hall–Kier alpha value is -1.93. The lowest BCUT2D eigenvalue weighted by atomic mass is 10.3. The molecule has 1 aromatic carbocycles. The van der Waals surface area contributed by atoms with Crippen LogP contribution in [0, 0.1) is 5.82 Å². The molecule has 1 unspecified atom stereocenters. The highest BCUT2D eigenvalue weighted by Gasteiger charge is 2.17. The van der Waals surface area contributed by atoms with Crippen molar-refractivity contribution >= 4 is 39.8 Å². The van der Waals surface area contributed by atoms with Crippen LogP contribution in [0.15, 0.2) is 41.3 Å². The Labute approximate surface area is 136 Å².